The molecule has 1 atom stereocenters. The van der Waals surface area contributed by atoms with Gasteiger partial charge < -0.3 is 13.3 Å². The van der Waals surface area contributed by atoms with Crippen LogP contribution in [0.15, 0.2) is 0 Å². The van der Waals surface area contributed by atoms with Crippen molar-refractivity contribution >= 4 is 27.2 Å². The van der Waals surface area contributed by atoms with Crippen LogP contribution < -0.4 is 0 Å². The molecule has 0 heterocycles. The average Bonchev–Trinajstić information content (AvgIpc) is 2.44. The van der Waals surface area contributed by atoms with E-state index in [1.165, 1.54) is 0 Å². The van der Waals surface area contributed by atoms with Crippen LogP contribution in [-0.2, 0) is 13.3 Å². The van der Waals surface area contributed by atoms with Crippen LogP contribution in [-0.4, -0.2) is 34.7 Å². The molecule has 0 aliphatic carbocycles. The molecule has 0 aromatic heterocycles. The van der Waals surface area contributed by atoms with E-state index in [0.29, 0.717) is 0 Å². The first-order valence-corrected chi connectivity index (χ1v) is 17.6. The van der Waals surface area contributed by atoms with Crippen molar-refractivity contribution in [1.29, 1.82) is 0 Å². The molecule has 0 saturated carbocycles. The summed E-state index contributed by atoms with van der Waals surface area (Å²) in [6.45, 7) is 22.1. The fraction of sp³-hybridized carbons (Fsp3) is 1.00. The largest absolute Gasteiger partial charge is 0.502 e. The van der Waals surface area contributed by atoms with Crippen LogP contribution in [0, 0.1) is 5.41 Å². The van der Waals surface area contributed by atoms with Gasteiger partial charge in [-0.1, -0.05) is 80.4 Å². The van der Waals surface area contributed by atoms with Gasteiger partial charge >= 0.3 is 8.80 Å². The summed E-state index contributed by atoms with van der Waals surface area (Å²) in [5.41, 5.74) is 0.328. The van der Waals surface area contributed by atoms with Crippen LogP contribution in [0.2, 0.25) is 25.7 Å². The highest BCUT2D eigenvalue weighted by Crippen LogP contribution is 2.36. The van der Waals surface area contributed by atoms with E-state index in [2.05, 4.69) is 61.2 Å². The van der Waals surface area contributed by atoms with Crippen LogP contribution in [0.5, 0.6) is 0 Å². The molecule has 158 valence electrons. The standard InChI is InChI=1S/C20H46O3SSi2/c1-10-13-16-21-26(18-20(4,5)6,22-17-14-11-2)23-19(15-12-3)24-25(7,8)9/h19H,10-18H2,1-9H3. The fourth-order valence-electron chi connectivity index (χ4n) is 2.62. The second-order valence-corrected chi connectivity index (χ2v) is 21.3. The average molecular weight is 423 g/mol. The molecule has 0 aromatic rings. The third-order valence-corrected chi connectivity index (χ3v) is 11.5. The summed E-state index contributed by atoms with van der Waals surface area (Å²) in [6.07, 6.45) is 6.61. The van der Waals surface area contributed by atoms with Gasteiger partial charge in [0.2, 0.25) is 0 Å². The summed E-state index contributed by atoms with van der Waals surface area (Å²) in [5, 5.41) is 0. The van der Waals surface area contributed by atoms with Crippen molar-refractivity contribution in [2.24, 2.45) is 5.41 Å². The van der Waals surface area contributed by atoms with Gasteiger partial charge in [0.25, 0.3) is 0 Å². The number of unbranched alkanes of at least 4 members (excludes halogenated alkanes) is 2. The van der Waals surface area contributed by atoms with Crippen molar-refractivity contribution in [3.63, 3.8) is 0 Å². The highest BCUT2D eigenvalue weighted by atomic mass is 32.4. The fourth-order valence-corrected chi connectivity index (χ4v) is 10.8. The normalized spacial score (nSPS) is 14.7. The highest BCUT2D eigenvalue weighted by molar-refractivity contribution is 8.28. The Balaban J connectivity index is 5.45. The Morgan fingerprint density at radius 2 is 1.35 bits per heavy atom. The first kappa shape index (κ1) is 26.7. The summed E-state index contributed by atoms with van der Waals surface area (Å²) >= 11 is 2.05. The Kier molecular flexibility index (Phi) is 13.3. The molecule has 0 radical (unpaired) electrons. The van der Waals surface area contributed by atoms with E-state index >= 15 is 0 Å². The molecule has 0 saturated heterocycles. The molecule has 0 bridgehead atoms. The van der Waals surface area contributed by atoms with E-state index in [-0.39, 0.29) is 10.9 Å². The lowest BCUT2D eigenvalue weighted by Gasteiger charge is -2.38. The summed E-state index contributed by atoms with van der Waals surface area (Å²) < 4.78 is 19.8. The molecule has 6 heteroatoms. The zero-order valence-corrected chi connectivity index (χ0v) is 21.9. The van der Waals surface area contributed by atoms with Gasteiger partial charge in [-0.25, -0.2) is 0 Å². The monoisotopic (exact) mass is 422 g/mol. The Labute approximate surface area is 170 Å². The first-order chi connectivity index (χ1) is 12.0. The van der Waals surface area contributed by atoms with Gasteiger partial charge in [-0.3, -0.25) is 0 Å². The molecule has 26 heavy (non-hydrogen) atoms. The quantitative estimate of drug-likeness (QED) is 0.157. The summed E-state index contributed by atoms with van der Waals surface area (Å²) in [6, 6.07) is 0.889. The van der Waals surface area contributed by atoms with Crippen molar-refractivity contribution in [1.82, 2.24) is 0 Å². The third-order valence-electron chi connectivity index (χ3n) is 3.71. The molecule has 0 N–H and O–H groups in total. The molecule has 0 fully saturated rings. The zero-order chi connectivity index (χ0) is 20.3. The van der Waals surface area contributed by atoms with E-state index < -0.39 is 16.0 Å². The Bertz CT molecular complexity index is 344. The van der Waals surface area contributed by atoms with Crippen LogP contribution in [0.25, 0.3) is 0 Å². The van der Waals surface area contributed by atoms with Crippen LogP contribution in [0.4, 0.5) is 0 Å². The molecule has 3 nitrogen and oxygen atoms in total. The minimum atomic E-state index is -2.70. The minimum Gasteiger partial charge on any atom is -0.373 e. The maximum Gasteiger partial charge on any atom is 0.502 e. The molecule has 0 aliphatic rings. The Morgan fingerprint density at radius 3 is 1.69 bits per heavy atom. The molecule has 0 amide bonds. The molecule has 0 aromatic carbocycles. The SMILES string of the molecule is CCCCO[Si](CC(C)(C)C)(OCCCC)OC(CCC)S[Si](C)(C)C. The number of hydrogen-bond acceptors (Lipinski definition) is 4. The lowest BCUT2D eigenvalue weighted by molar-refractivity contribution is 0.0405. The molecule has 0 spiro atoms. The van der Waals surface area contributed by atoms with Crippen LogP contribution in [0.3, 0.4) is 0 Å². The van der Waals surface area contributed by atoms with E-state index in [0.717, 1.165) is 57.8 Å². The third kappa shape index (κ3) is 13.8. The van der Waals surface area contributed by atoms with Crippen molar-refractivity contribution < 1.29 is 13.3 Å². The van der Waals surface area contributed by atoms with E-state index in [1.54, 1.807) is 0 Å². The van der Waals surface area contributed by atoms with Gasteiger partial charge in [0.1, 0.15) is 7.22 Å². The Hall–Kier alpha value is 0.664. The van der Waals surface area contributed by atoms with Crippen LogP contribution in [0.1, 0.15) is 80.1 Å². The second kappa shape index (κ2) is 13.0. The van der Waals surface area contributed by atoms with E-state index in [9.17, 15) is 0 Å². The molecule has 0 aliphatic heterocycles. The number of rotatable bonds is 15. The summed E-state index contributed by atoms with van der Waals surface area (Å²) in [5.74, 6) is 0. The maximum atomic E-state index is 6.82. The molecule has 0 rings (SSSR count). The lowest BCUT2D eigenvalue weighted by Crippen LogP contribution is -2.51. The van der Waals surface area contributed by atoms with Gasteiger partial charge in [-0.15, -0.1) is 0 Å². The molecule has 1 unspecified atom stereocenters. The van der Waals surface area contributed by atoms with Crippen molar-refractivity contribution in [3.8, 4) is 0 Å². The van der Waals surface area contributed by atoms with Crippen molar-refractivity contribution in [3.05, 3.63) is 0 Å². The van der Waals surface area contributed by atoms with Crippen LogP contribution >= 0.6 is 11.2 Å². The molecular formula is C20H46O3SSi2. The maximum absolute atomic E-state index is 6.82. The van der Waals surface area contributed by atoms with Gasteiger partial charge in [0.15, 0.2) is 0 Å². The topological polar surface area (TPSA) is 27.7 Å². The van der Waals surface area contributed by atoms with Crippen molar-refractivity contribution in [2.75, 3.05) is 13.2 Å². The number of hydrogen-bond donors (Lipinski definition) is 0. The smallest absolute Gasteiger partial charge is 0.373 e. The Morgan fingerprint density at radius 1 is 0.846 bits per heavy atom. The predicted molar refractivity (Wildman–Crippen MR) is 122 cm³/mol. The minimum absolute atomic E-state index is 0.130. The lowest BCUT2D eigenvalue weighted by atomic mass is 10.0. The van der Waals surface area contributed by atoms with Crippen molar-refractivity contribution in [2.45, 2.75) is 111 Å². The van der Waals surface area contributed by atoms with E-state index in [4.69, 9.17) is 13.3 Å². The van der Waals surface area contributed by atoms with Gasteiger partial charge in [0, 0.05) is 19.3 Å². The summed E-state index contributed by atoms with van der Waals surface area (Å²) in [4.78, 5) is 0. The van der Waals surface area contributed by atoms with Gasteiger partial charge in [0.05, 0.1) is 5.44 Å². The second-order valence-electron chi connectivity index (χ2n) is 9.39. The molecular weight excluding hydrogens is 376 g/mol. The van der Waals surface area contributed by atoms with E-state index in [1.807, 2.05) is 11.2 Å². The zero-order valence-electron chi connectivity index (χ0n) is 19.1. The predicted octanol–water partition coefficient (Wildman–Crippen LogP) is 7.32. The van der Waals surface area contributed by atoms with Gasteiger partial charge in [-0.05, 0) is 24.7 Å². The highest BCUT2D eigenvalue weighted by Gasteiger charge is 2.47. The van der Waals surface area contributed by atoms with Gasteiger partial charge in [-0.2, -0.15) is 11.2 Å². The summed E-state index contributed by atoms with van der Waals surface area (Å²) in [7, 11) is -3.99. The first-order valence-electron chi connectivity index (χ1n) is 10.6.